The molecule has 0 aromatic carbocycles. The minimum Gasteiger partial charge on any atom is -0.393 e. The predicted octanol–water partition coefficient (Wildman–Crippen LogP) is -0.406. The summed E-state index contributed by atoms with van der Waals surface area (Å²) in [5, 5.41) is 13.1. The Balaban J connectivity index is 1.51. The number of nitrogens with one attached hydrogen (secondary N) is 1. The summed E-state index contributed by atoms with van der Waals surface area (Å²) >= 11 is 0. The molecule has 0 bridgehead atoms. The van der Waals surface area contributed by atoms with Crippen molar-refractivity contribution >= 4 is 5.91 Å². The van der Waals surface area contributed by atoms with Crippen molar-refractivity contribution in [2.45, 2.75) is 31.5 Å². The van der Waals surface area contributed by atoms with Crippen LogP contribution in [-0.2, 0) is 9.53 Å². The lowest BCUT2D eigenvalue weighted by Gasteiger charge is -2.26. The Labute approximate surface area is 107 Å². The summed E-state index contributed by atoms with van der Waals surface area (Å²) in [6, 6.07) is 0. The number of aliphatic hydroxyl groups is 1. The van der Waals surface area contributed by atoms with Crippen molar-refractivity contribution < 1.29 is 14.6 Å². The van der Waals surface area contributed by atoms with Crippen molar-refractivity contribution in [1.82, 2.24) is 10.2 Å². The number of fused-ring (bicyclic) bond motifs is 1. The first kappa shape index (κ1) is 12.4. The largest absolute Gasteiger partial charge is 0.393 e. The number of rotatable bonds is 2. The molecule has 2 heterocycles. The summed E-state index contributed by atoms with van der Waals surface area (Å²) in [7, 11) is 0. The Morgan fingerprint density at radius 1 is 1.39 bits per heavy atom. The topological polar surface area (TPSA) is 61.8 Å². The molecule has 102 valence electrons. The highest BCUT2D eigenvalue weighted by Gasteiger charge is 2.43. The number of amides is 1. The van der Waals surface area contributed by atoms with E-state index in [2.05, 4.69) is 5.32 Å². The molecule has 2 aliphatic heterocycles. The molecule has 0 aromatic heterocycles. The lowest BCUT2D eigenvalue weighted by Crippen LogP contribution is -2.42. The van der Waals surface area contributed by atoms with Crippen LogP contribution in [0.4, 0.5) is 0 Å². The van der Waals surface area contributed by atoms with Crippen LogP contribution >= 0.6 is 0 Å². The van der Waals surface area contributed by atoms with Gasteiger partial charge in [0.15, 0.2) is 0 Å². The van der Waals surface area contributed by atoms with E-state index in [4.69, 9.17) is 4.74 Å². The van der Waals surface area contributed by atoms with Crippen LogP contribution in [0.15, 0.2) is 0 Å². The first-order chi connectivity index (χ1) is 8.74. The van der Waals surface area contributed by atoms with E-state index in [1.165, 1.54) is 0 Å². The quantitative estimate of drug-likeness (QED) is 0.703. The number of ether oxygens (including phenoxy) is 1. The number of carbonyl (C=O) groups excluding carboxylic acids is 1. The zero-order valence-corrected chi connectivity index (χ0v) is 10.7. The lowest BCUT2D eigenvalue weighted by atomic mass is 10.00. The number of carbonyl (C=O) groups is 1. The monoisotopic (exact) mass is 254 g/mol. The number of likely N-dealkylation sites (tertiary alicyclic amines) is 1. The third kappa shape index (κ3) is 2.39. The van der Waals surface area contributed by atoms with Crippen LogP contribution in [0, 0.1) is 11.8 Å². The van der Waals surface area contributed by atoms with Gasteiger partial charge >= 0.3 is 0 Å². The van der Waals surface area contributed by atoms with Gasteiger partial charge in [0, 0.05) is 32.1 Å². The molecule has 5 heteroatoms. The van der Waals surface area contributed by atoms with E-state index in [9.17, 15) is 9.90 Å². The lowest BCUT2D eigenvalue weighted by molar-refractivity contribution is -0.134. The summed E-state index contributed by atoms with van der Waals surface area (Å²) in [6.07, 6.45) is 2.28. The van der Waals surface area contributed by atoms with E-state index in [1.54, 1.807) is 0 Å². The van der Waals surface area contributed by atoms with Gasteiger partial charge in [-0.2, -0.15) is 0 Å². The van der Waals surface area contributed by atoms with E-state index in [1.807, 2.05) is 4.90 Å². The minimum absolute atomic E-state index is 0.0246. The average molecular weight is 254 g/mol. The van der Waals surface area contributed by atoms with E-state index in [-0.39, 0.29) is 18.1 Å². The Morgan fingerprint density at radius 3 is 3.00 bits per heavy atom. The number of nitrogens with zero attached hydrogens (tertiary/aromatic N) is 1. The van der Waals surface area contributed by atoms with E-state index in [0.717, 1.165) is 39.0 Å². The van der Waals surface area contributed by atoms with E-state index >= 15 is 0 Å². The molecule has 1 amide bonds. The summed E-state index contributed by atoms with van der Waals surface area (Å²) in [4.78, 5) is 14.1. The molecule has 5 nitrogen and oxygen atoms in total. The molecule has 4 atom stereocenters. The molecule has 0 spiro atoms. The number of morpholine rings is 1. The van der Waals surface area contributed by atoms with Crippen LogP contribution in [0.5, 0.6) is 0 Å². The standard InChI is InChI=1S/C13H22N2O3/c16-12-2-1-9-7-15(8-11(9)12)13(17)5-10-6-14-3-4-18-10/h9-12,14,16H,1-8H2. The maximum atomic E-state index is 12.2. The smallest absolute Gasteiger partial charge is 0.225 e. The normalized spacial score (nSPS) is 39.9. The summed E-state index contributed by atoms with van der Waals surface area (Å²) in [5.41, 5.74) is 0. The number of hydrogen-bond acceptors (Lipinski definition) is 4. The van der Waals surface area contributed by atoms with Gasteiger partial charge in [-0.1, -0.05) is 0 Å². The van der Waals surface area contributed by atoms with Crippen molar-refractivity contribution in [3.63, 3.8) is 0 Å². The predicted molar refractivity (Wildman–Crippen MR) is 66.0 cm³/mol. The van der Waals surface area contributed by atoms with Crippen molar-refractivity contribution in [2.75, 3.05) is 32.8 Å². The van der Waals surface area contributed by atoms with Gasteiger partial charge in [-0.3, -0.25) is 4.79 Å². The highest BCUT2D eigenvalue weighted by Crippen LogP contribution is 2.38. The molecule has 4 unspecified atom stereocenters. The van der Waals surface area contributed by atoms with Crippen LogP contribution in [0.2, 0.25) is 0 Å². The number of hydrogen-bond donors (Lipinski definition) is 2. The van der Waals surface area contributed by atoms with Crippen LogP contribution in [0.1, 0.15) is 19.3 Å². The van der Waals surface area contributed by atoms with Crippen molar-refractivity contribution in [3.8, 4) is 0 Å². The van der Waals surface area contributed by atoms with Gasteiger partial charge in [-0.15, -0.1) is 0 Å². The van der Waals surface area contributed by atoms with Gasteiger partial charge in [0.25, 0.3) is 0 Å². The third-order valence-corrected chi connectivity index (χ3v) is 4.58. The summed E-state index contributed by atoms with van der Waals surface area (Å²) < 4.78 is 5.56. The maximum absolute atomic E-state index is 12.2. The molecule has 3 aliphatic rings. The fraction of sp³-hybridized carbons (Fsp3) is 0.923. The van der Waals surface area contributed by atoms with Crippen LogP contribution in [0.25, 0.3) is 0 Å². The average Bonchev–Trinajstić information content (AvgIpc) is 2.93. The van der Waals surface area contributed by atoms with E-state index < -0.39 is 0 Å². The SMILES string of the molecule is O=C(CC1CNCCO1)N1CC2CCC(O)C2C1. The molecule has 0 aromatic rings. The third-order valence-electron chi connectivity index (χ3n) is 4.58. The molecule has 0 radical (unpaired) electrons. The minimum atomic E-state index is -0.194. The van der Waals surface area contributed by atoms with Crippen LogP contribution in [-0.4, -0.2) is 60.9 Å². The molecular weight excluding hydrogens is 232 g/mol. The second kappa shape index (κ2) is 5.15. The molecule has 1 saturated carbocycles. The molecule has 18 heavy (non-hydrogen) atoms. The zero-order valence-electron chi connectivity index (χ0n) is 10.7. The van der Waals surface area contributed by atoms with Gasteiger partial charge < -0.3 is 20.1 Å². The molecule has 1 aliphatic carbocycles. The highest BCUT2D eigenvalue weighted by atomic mass is 16.5. The summed E-state index contributed by atoms with van der Waals surface area (Å²) in [5.74, 6) is 1.03. The van der Waals surface area contributed by atoms with Crippen molar-refractivity contribution in [3.05, 3.63) is 0 Å². The molecular formula is C13H22N2O3. The second-order valence-electron chi connectivity index (χ2n) is 5.77. The maximum Gasteiger partial charge on any atom is 0.225 e. The Kier molecular flexibility index (Phi) is 3.54. The molecule has 2 N–H and O–H groups in total. The Hall–Kier alpha value is -0.650. The van der Waals surface area contributed by atoms with Gasteiger partial charge in [0.2, 0.25) is 5.91 Å². The van der Waals surface area contributed by atoms with Crippen LogP contribution in [0.3, 0.4) is 0 Å². The number of aliphatic hydroxyl groups excluding tert-OH is 1. The fourth-order valence-electron chi connectivity index (χ4n) is 3.52. The fourth-order valence-corrected chi connectivity index (χ4v) is 3.52. The highest BCUT2D eigenvalue weighted by molar-refractivity contribution is 5.77. The summed E-state index contributed by atoms with van der Waals surface area (Å²) in [6.45, 7) is 3.92. The van der Waals surface area contributed by atoms with Crippen molar-refractivity contribution in [2.24, 2.45) is 11.8 Å². The first-order valence-corrected chi connectivity index (χ1v) is 7.02. The van der Waals surface area contributed by atoms with Crippen LogP contribution < -0.4 is 5.32 Å². The first-order valence-electron chi connectivity index (χ1n) is 7.02. The Morgan fingerprint density at radius 2 is 2.28 bits per heavy atom. The molecule has 3 fully saturated rings. The van der Waals surface area contributed by atoms with Crippen molar-refractivity contribution in [1.29, 1.82) is 0 Å². The molecule has 2 saturated heterocycles. The van der Waals surface area contributed by atoms with Gasteiger partial charge in [-0.05, 0) is 18.8 Å². The van der Waals surface area contributed by atoms with Gasteiger partial charge in [-0.25, -0.2) is 0 Å². The van der Waals surface area contributed by atoms with Gasteiger partial charge in [0.05, 0.1) is 25.2 Å². The van der Waals surface area contributed by atoms with Gasteiger partial charge in [0.1, 0.15) is 0 Å². The zero-order chi connectivity index (χ0) is 12.5. The molecule has 3 rings (SSSR count). The van der Waals surface area contributed by atoms with E-state index in [0.29, 0.717) is 24.9 Å². The Bertz CT molecular complexity index is 317. The second-order valence-corrected chi connectivity index (χ2v) is 5.77.